The normalized spacial score (nSPS) is 9.73. The number of hydrogen-bond donors (Lipinski definition) is 3. The number of aliphatic hydroxyl groups excluding tert-OH is 1. The first-order chi connectivity index (χ1) is 7.17. The summed E-state index contributed by atoms with van der Waals surface area (Å²) in [5.74, 6) is 0. The van der Waals surface area contributed by atoms with Crippen molar-refractivity contribution in [3.63, 3.8) is 0 Å². The zero-order valence-electron chi connectivity index (χ0n) is 8.34. The van der Waals surface area contributed by atoms with Crippen LogP contribution in [0.25, 0.3) is 0 Å². The Bertz CT molecular complexity index is 343. The molecule has 1 rings (SSSR count). The van der Waals surface area contributed by atoms with Gasteiger partial charge in [-0.3, -0.25) is 10.4 Å². The molecule has 1 amide bonds. The SMILES string of the molecule is CCN(Nc1ccnc(CO)c1)C(=O)O. The molecule has 0 aliphatic heterocycles. The fourth-order valence-corrected chi connectivity index (χ4v) is 1.05. The lowest BCUT2D eigenvalue weighted by Crippen LogP contribution is -2.34. The number of carbonyl (C=O) groups is 1. The van der Waals surface area contributed by atoms with Gasteiger partial charge in [-0.05, 0) is 19.1 Å². The molecule has 0 radical (unpaired) electrons. The molecule has 0 spiro atoms. The third-order valence-electron chi connectivity index (χ3n) is 1.79. The first-order valence-electron chi connectivity index (χ1n) is 4.50. The summed E-state index contributed by atoms with van der Waals surface area (Å²) < 4.78 is 0. The van der Waals surface area contributed by atoms with Crippen LogP contribution in [0.1, 0.15) is 12.6 Å². The molecule has 6 heteroatoms. The predicted octanol–water partition coefficient (Wildman–Crippen LogP) is 0.901. The third-order valence-corrected chi connectivity index (χ3v) is 1.79. The van der Waals surface area contributed by atoms with Crippen LogP contribution in [0.3, 0.4) is 0 Å². The molecule has 1 aromatic heterocycles. The van der Waals surface area contributed by atoms with Gasteiger partial charge in [0.25, 0.3) is 0 Å². The first-order valence-corrected chi connectivity index (χ1v) is 4.50. The average Bonchev–Trinajstić information content (AvgIpc) is 2.25. The summed E-state index contributed by atoms with van der Waals surface area (Å²) in [6, 6.07) is 3.22. The minimum absolute atomic E-state index is 0.172. The highest BCUT2D eigenvalue weighted by atomic mass is 16.4. The number of rotatable bonds is 4. The van der Waals surface area contributed by atoms with Gasteiger partial charge in [0.05, 0.1) is 18.0 Å². The number of hydrazine groups is 1. The number of carboxylic acid groups (broad SMARTS) is 1. The molecule has 0 saturated heterocycles. The van der Waals surface area contributed by atoms with E-state index in [1.54, 1.807) is 19.1 Å². The summed E-state index contributed by atoms with van der Waals surface area (Å²) >= 11 is 0. The maximum Gasteiger partial charge on any atom is 0.426 e. The van der Waals surface area contributed by atoms with E-state index in [2.05, 4.69) is 10.4 Å². The number of nitrogens with one attached hydrogen (secondary N) is 1. The molecule has 0 atom stereocenters. The highest BCUT2D eigenvalue weighted by Crippen LogP contribution is 2.09. The second-order valence-corrected chi connectivity index (χ2v) is 2.83. The standard InChI is InChI=1S/C9H13N3O3/c1-2-12(9(14)15)11-7-3-4-10-8(5-7)6-13/h3-5,13H,2,6H2,1H3,(H,10,11)(H,14,15). The monoisotopic (exact) mass is 211 g/mol. The van der Waals surface area contributed by atoms with Crippen molar-refractivity contribution in [3.05, 3.63) is 24.0 Å². The van der Waals surface area contributed by atoms with Crippen LogP contribution in [0.15, 0.2) is 18.3 Å². The fourth-order valence-electron chi connectivity index (χ4n) is 1.05. The van der Waals surface area contributed by atoms with Gasteiger partial charge < -0.3 is 10.2 Å². The number of nitrogens with zero attached hydrogens (tertiary/aromatic N) is 2. The van der Waals surface area contributed by atoms with Gasteiger partial charge >= 0.3 is 6.09 Å². The minimum Gasteiger partial charge on any atom is -0.464 e. The fraction of sp³-hybridized carbons (Fsp3) is 0.333. The molecule has 0 unspecified atom stereocenters. The van der Waals surface area contributed by atoms with E-state index in [1.165, 1.54) is 6.20 Å². The van der Waals surface area contributed by atoms with Gasteiger partial charge in [0.1, 0.15) is 0 Å². The zero-order chi connectivity index (χ0) is 11.3. The number of amides is 1. The van der Waals surface area contributed by atoms with E-state index in [1.807, 2.05) is 0 Å². The Morgan fingerprint density at radius 1 is 1.67 bits per heavy atom. The quantitative estimate of drug-likeness (QED) is 0.644. The Labute approximate surface area is 87.1 Å². The molecule has 0 saturated carbocycles. The van der Waals surface area contributed by atoms with Crippen LogP contribution < -0.4 is 5.43 Å². The van der Waals surface area contributed by atoms with Crippen LogP contribution in [-0.4, -0.2) is 32.8 Å². The van der Waals surface area contributed by atoms with Gasteiger partial charge in [-0.25, -0.2) is 9.80 Å². The van der Waals surface area contributed by atoms with Gasteiger partial charge in [-0.2, -0.15) is 0 Å². The van der Waals surface area contributed by atoms with E-state index in [4.69, 9.17) is 10.2 Å². The second kappa shape index (κ2) is 5.16. The molecule has 0 bridgehead atoms. The third kappa shape index (κ3) is 3.10. The van der Waals surface area contributed by atoms with Crippen LogP contribution in [-0.2, 0) is 6.61 Å². The zero-order valence-corrected chi connectivity index (χ0v) is 8.34. The van der Waals surface area contributed by atoms with Crippen LogP contribution in [0.5, 0.6) is 0 Å². The van der Waals surface area contributed by atoms with E-state index in [0.29, 0.717) is 17.9 Å². The first kappa shape index (κ1) is 11.3. The van der Waals surface area contributed by atoms with E-state index in [9.17, 15) is 4.79 Å². The lowest BCUT2D eigenvalue weighted by molar-refractivity contribution is 0.157. The largest absolute Gasteiger partial charge is 0.464 e. The van der Waals surface area contributed by atoms with Gasteiger partial charge in [0.15, 0.2) is 0 Å². The van der Waals surface area contributed by atoms with E-state index >= 15 is 0 Å². The van der Waals surface area contributed by atoms with Crippen molar-refractivity contribution in [2.75, 3.05) is 12.0 Å². The molecular weight excluding hydrogens is 198 g/mol. The summed E-state index contributed by atoms with van der Waals surface area (Å²) in [5, 5.41) is 18.6. The number of anilines is 1. The highest BCUT2D eigenvalue weighted by molar-refractivity contribution is 5.67. The molecule has 0 aromatic carbocycles. The van der Waals surface area contributed by atoms with Crippen molar-refractivity contribution in [2.24, 2.45) is 0 Å². The predicted molar refractivity (Wildman–Crippen MR) is 54.2 cm³/mol. The Kier molecular flexibility index (Phi) is 3.87. The molecule has 82 valence electrons. The van der Waals surface area contributed by atoms with Crippen molar-refractivity contribution in [1.29, 1.82) is 0 Å². The Hall–Kier alpha value is -1.82. The second-order valence-electron chi connectivity index (χ2n) is 2.83. The molecule has 0 aliphatic rings. The lowest BCUT2D eigenvalue weighted by Gasteiger charge is -2.19. The average molecular weight is 211 g/mol. The minimum atomic E-state index is -1.06. The topological polar surface area (TPSA) is 85.7 Å². The van der Waals surface area contributed by atoms with Gasteiger partial charge in [0, 0.05) is 12.7 Å². The van der Waals surface area contributed by atoms with Gasteiger partial charge in [-0.15, -0.1) is 0 Å². The Balaban J connectivity index is 2.74. The van der Waals surface area contributed by atoms with Crippen LogP contribution >= 0.6 is 0 Å². The highest BCUT2D eigenvalue weighted by Gasteiger charge is 2.08. The molecule has 0 fully saturated rings. The summed E-state index contributed by atoms with van der Waals surface area (Å²) in [7, 11) is 0. The number of pyridine rings is 1. The summed E-state index contributed by atoms with van der Waals surface area (Å²) in [6.45, 7) is 1.87. The van der Waals surface area contributed by atoms with E-state index in [0.717, 1.165) is 5.01 Å². The van der Waals surface area contributed by atoms with Crippen molar-refractivity contribution < 1.29 is 15.0 Å². The smallest absolute Gasteiger partial charge is 0.426 e. The molecule has 6 nitrogen and oxygen atoms in total. The maximum absolute atomic E-state index is 10.7. The van der Waals surface area contributed by atoms with Crippen molar-refractivity contribution >= 4 is 11.8 Å². The number of hydrogen-bond acceptors (Lipinski definition) is 4. The van der Waals surface area contributed by atoms with Crippen molar-refractivity contribution in [1.82, 2.24) is 9.99 Å². The van der Waals surface area contributed by atoms with Crippen LogP contribution in [0, 0.1) is 0 Å². The van der Waals surface area contributed by atoms with Gasteiger partial charge in [-0.1, -0.05) is 0 Å². The van der Waals surface area contributed by atoms with E-state index in [-0.39, 0.29) is 6.61 Å². The molecular formula is C9H13N3O3. The molecule has 0 aliphatic carbocycles. The summed E-state index contributed by atoms with van der Waals surface area (Å²) in [4.78, 5) is 14.6. The van der Waals surface area contributed by atoms with Crippen LogP contribution in [0.2, 0.25) is 0 Å². The molecule has 15 heavy (non-hydrogen) atoms. The van der Waals surface area contributed by atoms with Crippen molar-refractivity contribution in [3.8, 4) is 0 Å². The maximum atomic E-state index is 10.7. The summed E-state index contributed by atoms with van der Waals surface area (Å²) in [5.41, 5.74) is 3.75. The Morgan fingerprint density at radius 3 is 2.93 bits per heavy atom. The molecule has 1 heterocycles. The molecule has 1 aromatic rings. The molecule has 3 N–H and O–H groups in total. The van der Waals surface area contributed by atoms with Crippen LogP contribution in [0.4, 0.5) is 10.5 Å². The summed E-state index contributed by atoms with van der Waals surface area (Å²) in [6.07, 6.45) is 0.448. The number of aromatic nitrogens is 1. The van der Waals surface area contributed by atoms with Crippen molar-refractivity contribution in [2.45, 2.75) is 13.5 Å². The lowest BCUT2D eigenvalue weighted by atomic mass is 10.3. The van der Waals surface area contributed by atoms with E-state index < -0.39 is 6.09 Å². The number of aliphatic hydroxyl groups is 1. The Morgan fingerprint density at radius 2 is 2.40 bits per heavy atom. The van der Waals surface area contributed by atoms with Gasteiger partial charge in [0.2, 0.25) is 0 Å².